The maximum atomic E-state index is 12.6. The molecule has 6 nitrogen and oxygen atoms in total. The van der Waals surface area contributed by atoms with Crippen LogP contribution in [0.2, 0.25) is 0 Å². The normalized spacial score (nSPS) is 11.5. The Morgan fingerprint density at radius 3 is 2.41 bits per heavy atom. The van der Waals surface area contributed by atoms with E-state index in [2.05, 4.69) is 29.4 Å². The summed E-state index contributed by atoms with van der Waals surface area (Å²) in [4.78, 5) is 27.3. The minimum atomic E-state index is -0.348. The lowest BCUT2D eigenvalue weighted by atomic mass is 10.1. The average Bonchev–Trinajstić information content (AvgIpc) is 3.18. The fourth-order valence-electron chi connectivity index (χ4n) is 2.54. The van der Waals surface area contributed by atoms with Crippen LogP contribution >= 0.6 is 0 Å². The number of likely N-dealkylation sites (N-methyl/N-ethyl adjacent to an activating group) is 1. The average molecular weight is 369 g/mol. The standard InChI is InChI=1S/C21H27N3O3/c1-4-24(5-2)13-12-22-21(26)19(15-18-7-6-14-27-18)23-20(25)17-10-8-16(3)9-11-17/h6-11,14-15H,4-5,12-13H2,1-3H3,(H,22,26)(H,23,25)/b19-15+. The summed E-state index contributed by atoms with van der Waals surface area (Å²) in [5.41, 5.74) is 1.70. The highest BCUT2D eigenvalue weighted by Gasteiger charge is 2.15. The van der Waals surface area contributed by atoms with E-state index < -0.39 is 0 Å². The molecule has 144 valence electrons. The van der Waals surface area contributed by atoms with E-state index >= 15 is 0 Å². The maximum Gasteiger partial charge on any atom is 0.267 e. The third-order valence-electron chi connectivity index (χ3n) is 4.24. The number of benzene rings is 1. The van der Waals surface area contributed by atoms with Gasteiger partial charge in [0.1, 0.15) is 11.5 Å². The van der Waals surface area contributed by atoms with Gasteiger partial charge in [0.05, 0.1) is 6.26 Å². The van der Waals surface area contributed by atoms with Crippen molar-refractivity contribution in [2.45, 2.75) is 20.8 Å². The van der Waals surface area contributed by atoms with Gasteiger partial charge in [-0.25, -0.2) is 0 Å². The molecule has 2 amide bonds. The molecule has 0 aliphatic heterocycles. The topological polar surface area (TPSA) is 74.6 Å². The molecule has 6 heteroatoms. The molecule has 1 aromatic heterocycles. The Kier molecular flexibility index (Phi) is 7.82. The number of amides is 2. The molecule has 0 aliphatic carbocycles. The zero-order valence-corrected chi connectivity index (χ0v) is 16.1. The van der Waals surface area contributed by atoms with Gasteiger partial charge in [-0.3, -0.25) is 9.59 Å². The molecule has 0 spiro atoms. The van der Waals surface area contributed by atoms with Gasteiger partial charge in [0.15, 0.2) is 0 Å². The van der Waals surface area contributed by atoms with Crippen molar-refractivity contribution in [2.75, 3.05) is 26.2 Å². The zero-order valence-electron chi connectivity index (χ0n) is 16.1. The first kappa shape index (κ1) is 20.5. The molecule has 1 aromatic carbocycles. The number of hydrogen-bond donors (Lipinski definition) is 2. The van der Waals surface area contributed by atoms with Crippen LogP contribution < -0.4 is 10.6 Å². The highest BCUT2D eigenvalue weighted by molar-refractivity contribution is 6.05. The van der Waals surface area contributed by atoms with Crippen molar-refractivity contribution in [2.24, 2.45) is 0 Å². The summed E-state index contributed by atoms with van der Waals surface area (Å²) >= 11 is 0. The van der Waals surface area contributed by atoms with Crippen molar-refractivity contribution in [3.8, 4) is 0 Å². The summed E-state index contributed by atoms with van der Waals surface area (Å²) in [5.74, 6) is -0.196. The number of furan rings is 1. The van der Waals surface area contributed by atoms with Gasteiger partial charge in [-0.15, -0.1) is 0 Å². The fraction of sp³-hybridized carbons (Fsp3) is 0.333. The summed E-state index contributed by atoms with van der Waals surface area (Å²) in [6, 6.07) is 10.6. The molecule has 0 unspecified atom stereocenters. The van der Waals surface area contributed by atoms with E-state index in [1.165, 1.54) is 12.3 Å². The number of nitrogens with one attached hydrogen (secondary N) is 2. The molecule has 2 aromatic rings. The van der Waals surface area contributed by atoms with E-state index in [0.29, 0.717) is 17.9 Å². The predicted molar refractivity (Wildman–Crippen MR) is 106 cm³/mol. The van der Waals surface area contributed by atoms with Gasteiger partial charge < -0.3 is 20.0 Å². The van der Waals surface area contributed by atoms with Crippen molar-refractivity contribution < 1.29 is 14.0 Å². The predicted octanol–water partition coefficient (Wildman–Crippen LogP) is 2.82. The summed E-state index contributed by atoms with van der Waals surface area (Å²) in [7, 11) is 0. The zero-order chi connectivity index (χ0) is 19.6. The Bertz CT molecular complexity index is 760. The number of carbonyl (C=O) groups excluding carboxylic acids is 2. The van der Waals surface area contributed by atoms with Gasteiger partial charge in [-0.2, -0.15) is 0 Å². The van der Waals surface area contributed by atoms with Crippen molar-refractivity contribution in [3.63, 3.8) is 0 Å². The van der Waals surface area contributed by atoms with Crippen LogP contribution in [0.1, 0.15) is 35.5 Å². The molecule has 0 radical (unpaired) electrons. The van der Waals surface area contributed by atoms with Gasteiger partial charge in [0, 0.05) is 24.7 Å². The maximum absolute atomic E-state index is 12.6. The van der Waals surface area contributed by atoms with Crippen LogP contribution in [0.15, 0.2) is 52.8 Å². The number of hydrogen-bond acceptors (Lipinski definition) is 4. The van der Waals surface area contributed by atoms with Crippen molar-refractivity contribution in [1.29, 1.82) is 0 Å². The van der Waals surface area contributed by atoms with Crippen molar-refractivity contribution >= 4 is 17.9 Å². The molecule has 0 aliphatic rings. The Morgan fingerprint density at radius 2 is 1.81 bits per heavy atom. The smallest absolute Gasteiger partial charge is 0.267 e. The lowest BCUT2D eigenvalue weighted by Crippen LogP contribution is -2.39. The van der Waals surface area contributed by atoms with E-state index in [4.69, 9.17) is 4.42 Å². The first-order valence-electron chi connectivity index (χ1n) is 9.17. The third-order valence-corrected chi connectivity index (χ3v) is 4.24. The number of rotatable bonds is 9. The van der Waals surface area contributed by atoms with E-state index in [1.807, 2.05) is 19.1 Å². The summed E-state index contributed by atoms with van der Waals surface area (Å²) < 4.78 is 5.28. The fourth-order valence-corrected chi connectivity index (χ4v) is 2.54. The minimum absolute atomic E-state index is 0.148. The lowest BCUT2D eigenvalue weighted by molar-refractivity contribution is -0.117. The van der Waals surface area contributed by atoms with Crippen LogP contribution in [0.25, 0.3) is 6.08 Å². The van der Waals surface area contributed by atoms with Gasteiger partial charge >= 0.3 is 0 Å². The quantitative estimate of drug-likeness (QED) is 0.667. The lowest BCUT2D eigenvalue weighted by Gasteiger charge is -2.18. The molecule has 0 saturated heterocycles. The third kappa shape index (κ3) is 6.42. The highest BCUT2D eigenvalue weighted by atomic mass is 16.3. The molecule has 2 N–H and O–H groups in total. The Labute approximate surface area is 160 Å². The summed E-state index contributed by atoms with van der Waals surface area (Å²) in [5, 5.41) is 5.55. The SMILES string of the molecule is CCN(CC)CCNC(=O)/C(=C\c1ccco1)NC(=O)c1ccc(C)cc1. The number of nitrogens with zero attached hydrogens (tertiary/aromatic N) is 1. The van der Waals surface area contributed by atoms with Crippen LogP contribution in [0.5, 0.6) is 0 Å². The van der Waals surface area contributed by atoms with Gasteiger partial charge in [0.25, 0.3) is 11.8 Å². The monoisotopic (exact) mass is 369 g/mol. The minimum Gasteiger partial charge on any atom is -0.465 e. The number of aryl methyl sites for hydroxylation is 1. The van der Waals surface area contributed by atoms with Crippen LogP contribution in [0, 0.1) is 6.92 Å². The second-order valence-corrected chi connectivity index (χ2v) is 6.18. The van der Waals surface area contributed by atoms with Crippen molar-refractivity contribution in [1.82, 2.24) is 15.5 Å². The largest absolute Gasteiger partial charge is 0.465 e. The van der Waals surface area contributed by atoms with Crippen LogP contribution in [0.3, 0.4) is 0 Å². The van der Waals surface area contributed by atoms with Gasteiger partial charge in [-0.05, 0) is 44.3 Å². The molecule has 0 saturated carbocycles. The van der Waals surface area contributed by atoms with Gasteiger partial charge in [-0.1, -0.05) is 31.5 Å². The molecular formula is C21H27N3O3. The second kappa shape index (κ2) is 10.3. The van der Waals surface area contributed by atoms with Crippen LogP contribution in [0.4, 0.5) is 0 Å². The van der Waals surface area contributed by atoms with E-state index in [9.17, 15) is 9.59 Å². The van der Waals surface area contributed by atoms with E-state index in [1.54, 1.807) is 24.3 Å². The Balaban J connectivity index is 2.08. The van der Waals surface area contributed by atoms with Crippen LogP contribution in [-0.2, 0) is 4.79 Å². The molecule has 0 atom stereocenters. The van der Waals surface area contributed by atoms with Crippen LogP contribution in [-0.4, -0.2) is 42.9 Å². The molecule has 2 rings (SSSR count). The molecular weight excluding hydrogens is 342 g/mol. The van der Waals surface area contributed by atoms with Crippen molar-refractivity contribution in [3.05, 3.63) is 65.2 Å². The summed E-state index contributed by atoms with van der Waals surface area (Å²) in [6.07, 6.45) is 3.04. The first-order valence-corrected chi connectivity index (χ1v) is 9.17. The van der Waals surface area contributed by atoms with Gasteiger partial charge in [0.2, 0.25) is 0 Å². The highest BCUT2D eigenvalue weighted by Crippen LogP contribution is 2.08. The van der Waals surface area contributed by atoms with E-state index in [-0.39, 0.29) is 17.5 Å². The molecule has 0 bridgehead atoms. The Hall–Kier alpha value is -2.86. The summed E-state index contributed by atoms with van der Waals surface area (Å²) in [6.45, 7) is 9.20. The molecule has 27 heavy (non-hydrogen) atoms. The Morgan fingerprint density at radius 1 is 1.11 bits per heavy atom. The molecule has 0 fully saturated rings. The molecule has 1 heterocycles. The second-order valence-electron chi connectivity index (χ2n) is 6.18. The first-order chi connectivity index (χ1) is 13.0. The number of carbonyl (C=O) groups is 2. The van der Waals surface area contributed by atoms with E-state index in [0.717, 1.165) is 25.2 Å².